The first-order valence-corrected chi connectivity index (χ1v) is 26.7. The molecule has 0 aliphatic heterocycles. The Morgan fingerprint density at radius 2 is 1.02 bits per heavy atom. The normalized spacial score (nSPS) is 10.9. The minimum absolute atomic E-state index is 0.0104. The lowest BCUT2D eigenvalue weighted by molar-refractivity contribution is -0.114. The Kier molecular flexibility index (Phi) is 22.8. The first-order valence-electron chi connectivity index (χ1n) is 24.4. The Morgan fingerprint density at radius 3 is 1.38 bits per heavy atom. The molecule has 0 fully saturated rings. The number of alkyl carbamates (subject to hydrolysis) is 1. The summed E-state index contributed by atoms with van der Waals surface area (Å²) in [4.78, 5) is 84.3. The number of nitrogens with zero attached hydrogens (tertiary/aromatic N) is 8. The minimum atomic E-state index is -1.05. The Bertz CT molecular complexity index is 4060. The van der Waals surface area contributed by atoms with E-state index in [0.29, 0.717) is 39.1 Å². The van der Waals surface area contributed by atoms with E-state index < -0.39 is 34.7 Å². The molecule has 0 saturated carbocycles. The molecule has 26 nitrogen and oxygen atoms in total. The molecular weight excluding hydrogens is 1220 g/mol. The number of nitriles is 2. The molecule has 0 bridgehead atoms. The van der Waals surface area contributed by atoms with Gasteiger partial charge in [0, 0.05) is 39.1 Å². The Balaban J connectivity index is 0.000000236. The number of carbonyl (C=O) groups excluding carboxylic acids is 2. The number of aromatic nitrogens is 9. The number of hydrogen-bond acceptors (Lipinski definition) is 20. The van der Waals surface area contributed by atoms with Crippen LogP contribution < -0.4 is 58.6 Å². The SMILES string of the molecule is CCOC(=O)NC(=O)/C(C#N)=N/Nc1cc(Cl)c(Oc2n[nH]c(=O)c(C)c2C(C)C)c(Cl)c1.Cc1c(C(C)C)c(Oc2c(Cl)cc(-n3nc(C#N)c(=O)[nH]c3=O)cc2Cl)n[nH]c1=O.Cc1c(C(C)C)c(Oc2c(Cl)cc(N)cc2Cl)n[nH]c1=O. The van der Waals surface area contributed by atoms with Crippen LogP contribution in [0.3, 0.4) is 0 Å². The van der Waals surface area contributed by atoms with Crippen molar-refractivity contribution in [1.82, 2.24) is 50.7 Å². The number of rotatable bonds is 14. The zero-order chi connectivity index (χ0) is 62.6. The maximum Gasteiger partial charge on any atom is 0.414 e. The van der Waals surface area contributed by atoms with Crippen molar-refractivity contribution in [3.05, 3.63) is 158 Å². The van der Waals surface area contributed by atoms with E-state index in [2.05, 4.69) is 51.0 Å². The van der Waals surface area contributed by atoms with Crippen molar-refractivity contribution in [3.63, 3.8) is 0 Å². The minimum Gasteiger partial charge on any atom is -0.450 e. The third kappa shape index (κ3) is 16.1. The highest BCUT2D eigenvalue weighted by Gasteiger charge is 2.24. The maximum atomic E-state index is 12.1. The van der Waals surface area contributed by atoms with Crippen LogP contribution in [0.25, 0.3) is 5.69 Å². The van der Waals surface area contributed by atoms with E-state index in [9.17, 15) is 33.6 Å². The molecule has 440 valence electrons. The second-order valence-corrected chi connectivity index (χ2v) is 20.7. The number of nitrogen functional groups attached to an aromatic ring is 1. The lowest BCUT2D eigenvalue weighted by atomic mass is 10.0. The van der Waals surface area contributed by atoms with E-state index >= 15 is 0 Å². The van der Waals surface area contributed by atoms with E-state index in [-0.39, 0.29) is 117 Å². The standard InChI is InChI=1S/C20H20Cl2N6O5.C18H14Cl2N6O4.C14H15Cl2N3O2/c1-5-32-20(31)24-18(30)14(8-23)26-25-11-6-12(21)16(13(22)7-11)33-19-15(9(2)3)10(4)17(29)27-28-19;1-7(2)13-8(3)15(27)23-24-17(13)30-14-10(19)4-9(5-11(14)20)26-18(29)22-16(28)12(6-21)25-26;1-6(2)11-7(3)13(20)18-19-14(11)21-12-9(15)4-8(17)5-10(12)16/h6-7,9,25H,5H2,1-4H3,(H,27,29)(H,24,30,31);4-5,7H,1-3H3,(H,23,27)(H,22,28,29);4-6H,17H2,1-3H3,(H,18,20)/b26-14+;;. The molecule has 0 aliphatic rings. The van der Waals surface area contributed by atoms with Crippen LogP contribution in [-0.2, 0) is 9.53 Å². The average Bonchev–Trinajstić information content (AvgIpc) is 2.39. The number of halogens is 6. The second kappa shape index (κ2) is 29.0. The molecule has 0 spiro atoms. The van der Waals surface area contributed by atoms with E-state index in [1.165, 1.54) is 36.4 Å². The summed E-state index contributed by atoms with van der Waals surface area (Å²) in [6.07, 6.45) is -1.01. The van der Waals surface area contributed by atoms with Crippen molar-refractivity contribution in [2.24, 2.45) is 5.10 Å². The summed E-state index contributed by atoms with van der Waals surface area (Å²) in [6, 6.07) is 11.6. The van der Waals surface area contributed by atoms with Gasteiger partial charge in [0.1, 0.15) is 12.1 Å². The van der Waals surface area contributed by atoms with E-state index in [1.807, 2.05) is 51.8 Å². The van der Waals surface area contributed by atoms with Crippen molar-refractivity contribution in [2.75, 3.05) is 17.8 Å². The number of imide groups is 1. The molecule has 4 heterocycles. The summed E-state index contributed by atoms with van der Waals surface area (Å²) in [5, 5.41) is 46.9. The number of ether oxygens (including phenoxy) is 4. The summed E-state index contributed by atoms with van der Waals surface area (Å²) >= 11 is 37.4. The molecule has 8 N–H and O–H groups in total. The van der Waals surface area contributed by atoms with Crippen LogP contribution in [0, 0.1) is 43.4 Å². The Morgan fingerprint density at radius 1 is 0.643 bits per heavy atom. The molecule has 0 saturated heterocycles. The van der Waals surface area contributed by atoms with E-state index in [4.69, 9.17) is 100 Å². The fourth-order valence-corrected chi connectivity index (χ4v) is 9.23. The van der Waals surface area contributed by atoms with Crippen LogP contribution >= 0.6 is 69.6 Å². The largest absolute Gasteiger partial charge is 0.450 e. The molecule has 2 amide bonds. The Labute approximate surface area is 505 Å². The number of H-pyrrole nitrogens is 4. The van der Waals surface area contributed by atoms with Gasteiger partial charge in [-0.3, -0.25) is 39.7 Å². The lowest BCUT2D eigenvalue weighted by Crippen LogP contribution is -2.36. The number of anilines is 2. The number of carbonyl (C=O) groups is 2. The fourth-order valence-electron chi connectivity index (χ4n) is 7.53. The van der Waals surface area contributed by atoms with Crippen molar-refractivity contribution in [2.45, 2.75) is 87.0 Å². The van der Waals surface area contributed by atoms with Gasteiger partial charge in [0.05, 0.1) is 48.1 Å². The van der Waals surface area contributed by atoms with Crippen LogP contribution in [-0.4, -0.2) is 69.7 Å². The highest BCUT2D eigenvalue weighted by Crippen LogP contribution is 2.43. The van der Waals surface area contributed by atoms with Crippen LogP contribution in [0.5, 0.6) is 34.9 Å². The average molecular weight is 1270 g/mol. The third-order valence-corrected chi connectivity index (χ3v) is 13.0. The van der Waals surface area contributed by atoms with Gasteiger partial charge in [0.15, 0.2) is 17.2 Å². The number of hydrogen-bond donors (Lipinski definition) is 7. The molecule has 0 aliphatic carbocycles. The first-order chi connectivity index (χ1) is 39.5. The molecule has 0 atom stereocenters. The molecule has 3 aromatic carbocycles. The summed E-state index contributed by atoms with van der Waals surface area (Å²) in [7, 11) is 0. The highest BCUT2D eigenvalue weighted by atomic mass is 35.5. The highest BCUT2D eigenvalue weighted by molar-refractivity contribution is 6.47. The van der Waals surface area contributed by atoms with Crippen molar-refractivity contribution in [3.8, 4) is 52.7 Å². The number of hydrazone groups is 1. The molecule has 84 heavy (non-hydrogen) atoms. The molecular formula is C52H49Cl6N15O11. The molecule has 7 aromatic rings. The first kappa shape index (κ1) is 66.0. The van der Waals surface area contributed by atoms with Crippen LogP contribution in [0.15, 0.2) is 65.5 Å². The second-order valence-electron chi connectivity index (χ2n) is 18.3. The molecule has 0 unspecified atom stereocenters. The molecule has 4 aromatic heterocycles. The molecule has 32 heteroatoms. The van der Waals surface area contributed by atoms with Gasteiger partial charge < -0.3 is 24.7 Å². The fraction of sp³-hybridized carbons (Fsp3) is 0.269. The van der Waals surface area contributed by atoms with Crippen molar-refractivity contribution in [1.29, 1.82) is 10.5 Å². The summed E-state index contributed by atoms with van der Waals surface area (Å²) in [5.41, 5.74) is 8.41. The molecule has 7 rings (SSSR count). The number of nitrogens with two attached hydrogens (primary N) is 1. The molecule has 0 radical (unpaired) electrons. The van der Waals surface area contributed by atoms with Crippen molar-refractivity contribution < 1.29 is 28.5 Å². The van der Waals surface area contributed by atoms with Gasteiger partial charge in [-0.05, 0) is 81.8 Å². The van der Waals surface area contributed by atoms with Gasteiger partial charge in [-0.1, -0.05) is 111 Å². The third-order valence-electron chi connectivity index (χ3n) is 11.3. The predicted molar refractivity (Wildman–Crippen MR) is 316 cm³/mol. The van der Waals surface area contributed by atoms with Crippen LogP contribution in [0.1, 0.15) is 105 Å². The smallest absolute Gasteiger partial charge is 0.414 e. The quantitative estimate of drug-likeness (QED) is 0.0302. The number of benzene rings is 3. The van der Waals surface area contributed by atoms with Gasteiger partial charge >= 0.3 is 11.8 Å². The lowest BCUT2D eigenvalue weighted by Gasteiger charge is -2.16. The zero-order valence-electron chi connectivity index (χ0n) is 45.8. The van der Waals surface area contributed by atoms with Gasteiger partial charge in [-0.2, -0.15) is 20.3 Å². The summed E-state index contributed by atoms with van der Waals surface area (Å²) < 4.78 is 22.7. The van der Waals surface area contributed by atoms with E-state index in [1.54, 1.807) is 39.8 Å². The Hall–Kier alpha value is -8.76. The van der Waals surface area contributed by atoms with Gasteiger partial charge in [-0.15, -0.1) is 20.4 Å². The van der Waals surface area contributed by atoms with Gasteiger partial charge in [0.2, 0.25) is 29.0 Å². The van der Waals surface area contributed by atoms with Gasteiger partial charge in [-0.25, -0.2) is 24.9 Å². The topological polar surface area (TPSA) is 386 Å². The zero-order valence-corrected chi connectivity index (χ0v) is 50.4. The van der Waals surface area contributed by atoms with Gasteiger partial charge in [0.25, 0.3) is 28.1 Å². The number of aromatic amines is 4. The van der Waals surface area contributed by atoms with E-state index in [0.717, 1.165) is 4.68 Å². The summed E-state index contributed by atoms with van der Waals surface area (Å²) in [6.45, 7) is 18.0. The summed E-state index contributed by atoms with van der Waals surface area (Å²) in [5.74, 6) is -0.203. The van der Waals surface area contributed by atoms with Crippen molar-refractivity contribution >= 4 is 98.7 Å². The predicted octanol–water partition coefficient (Wildman–Crippen LogP) is 10.2. The van der Waals surface area contributed by atoms with Crippen LogP contribution in [0.2, 0.25) is 30.1 Å². The number of amides is 2. The monoisotopic (exact) mass is 1270 g/mol. The number of nitrogens with one attached hydrogen (secondary N) is 6. The maximum absolute atomic E-state index is 12.1. The van der Waals surface area contributed by atoms with Crippen LogP contribution in [0.4, 0.5) is 16.2 Å².